The first-order valence-corrected chi connectivity index (χ1v) is 6.73. The van der Waals surface area contributed by atoms with Gasteiger partial charge in [-0.3, -0.25) is 0 Å². The molecule has 3 heteroatoms. The van der Waals surface area contributed by atoms with Crippen LogP contribution in [0.25, 0.3) is 0 Å². The highest BCUT2D eigenvalue weighted by Crippen LogP contribution is 2.34. The molecule has 1 N–H and O–H groups in total. The first kappa shape index (κ1) is 11.1. The first-order chi connectivity index (χ1) is 7.26. The lowest BCUT2D eigenvalue weighted by Gasteiger charge is -2.43. The summed E-state index contributed by atoms with van der Waals surface area (Å²) >= 11 is 1.81. The molecule has 1 aromatic heterocycles. The summed E-state index contributed by atoms with van der Waals surface area (Å²) in [6, 6.07) is 0. The molecule has 0 unspecified atom stereocenters. The third-order valence-electron chi connectivity index (χ3n) is 3.51. The quantitative estimate of drug-likeness (QED) is 0.832. The smallest absolute Gasteiger partial charge is 0.0797 e. The largest absolute Gasteiger partial charge is 0.316 e. The van der Waals surface area contributed by atoms with E-state index in [0.717, 1.165) is 0 Å². The zero-order valence-corrected chi connectivity index (χ0v) is 10.5. The van der Waals surface area contributed by atoms with Gasteiger partial charge in [-0.1, -0.05) is 13.3 Å². The van der Waals surface area contributed by atoms with Gasteiger partial charge in [0.2, 0.25) is 0 Å². The molecule has 0 bridgehead atoms. The number of hydrogen-bond donors (Lipinski definition) is 1. The average Bonchev–Trinajstić information content (AvgIpc) is 2.56. The molecular weight excluding hydrogens is 204 g/mol. The lowest BCUT2D eigenvalue weighted by Crippen LogP contribution is -2.53. The van der Waals surface area contributed by atoms with Gasteiger partial charge >= 0.3 is 0 Å². The SMILES string of the molecule is CCCC1(CCc2scnc2C)CNC1. The van der Waals surface area contributed by atoms with E-state index in [1.54, 1.807) is 0 Å². The third kappa shape index (κ3) is 2.40. The Balaban J connectivity index is 1.89. The fourth-order valence-corrected chi connectivity index (χ4v) is 3.21. The molecule has 0 aromatic carbocycles. The molecule has 0 atom stereocenters. The van der Waals surface area contributed by atoms with Gasteiger partial charge in [-0.05, 0) is 31.6 Å². The minimum absolute atomic E-state index is 0.602. The van der Waals surface area contributed by atoms with Gasteiger partial charge in [-0.15, -0.1) is 11.3 Å². The molecule has 1 aliphatic rings. The molecule has 0 radical (unpaired) electrons. The molecule has 0 amide bonds. The van der Waals surface area contributed by atoms with Crippen LogP contribution in [0.3, 0.4) is 0 Å². The summed E-state index contributed by atoms with van der Waals surface area (Å²) in [7, 11) is 0. The summed E-state index contributed by atoms with van der Waals surface area (Å²) in [5.41, 5.74) is 3.81. The zero-order chi connectivity index (χ0) is 10.7. The van der Waals surface area contributed by atoms with Crippen LogP contribution in [-0.4, -0.2) is 18.1 Å². The lowest BCUT2D eigenvalue weighted by atomic mass is 9.74. The molecule has 2 rings (SSSR count). The number of aromatic nitrogens is 1. The second kappa shape index (κ2) is 4.62. The number of nitrogens with zero attached hydrogens (tertiary/aromatic N) is 1. The van der Waals surface area contributed by atoms with Crippen LogP contribution in [0.4, 0.5) is 0 Å². The van der Waals surface area contributed by atoms with Crippen molar-refractivity contribution >= 4 is 11.3 Å². The van der Waals surface area contributed by atoms with Crippen LogP contribution in [0.1, 0.15) is 36.8 Å². The Kier molecular flexibility index (Phi) is 3.42. The number of aryl methyl sites for hydroxylation is 2. The highest BCUT2D eigenvalue weighted by atomic mass is 32.1. The molecular formula is C12H20N2S. The molecule has 15 heavy (non-hydrogen) atoms. The van der Waals surface area contributed by atoms with Crippen molar-refractivity contribution in [2.24, 2.45) is 5.41 Å². The van der Waals surface area contributed by atoms with Gasteiger partial charge in [0, 0.05) is 18.0 Å². The first-order valence-electron chi connectivity index (χ1n) is 5.85. The summed E-state index contributed by atoms with van der Waals surface area (Å²) in [4.78, 5) is 5.79. The van der Waals surface area contributed by atoms with Crippen molar-refractivity contribution in [3.05, 3.63) is 16.1 Å². The molecule has 1 aliphatic heterocycles. The summed E-state index contributed by atoms with van der Waals surface area (Å²) in [6.45, 7) is 6.85. The van der Waals surface area contributed by atoms with E-state index < -0.39 is 0 Å². The van der Waals surface area contributed by atoms with Crippen molar-refractivity contribution in [1.29, 1.82) is 0 Å². The topological polar surface area (TPSA) is 24.9 Å². The maximum absolute atomic E-state index is 4.31. The fraction of sp³-hybridized carbons (Fsp3) is 0.750. The predicted molar refractivity (Wildman–Crippen MR) is 65.4 cm³/mol. The molecule has 0 saturated carbocycles. The van der Waals surface area contributed by atoms with Gasteiger partial charge in [0.1, 0.15) is 0 Å². The van der Waals surface area contributed by atoms with Crippen LogP contribution >= 0.6 is 11.3 Å². The van der Waals surface area contributed by atoms with Crippen molar-refractivity contribution in [1.82, 2.24) is 10.3 Å². The Morgan fingerprint density at radius 3 is 2.73 bits per heavy atom. The van der Waals surface area contributed by atoms with Gasteiger partial charge in [-0.25, -0.2) is 4.98 Å². The van der Waals surface area contributed by atoms with E-state index in [0.29, 0.717) is 5.41 Å². The van der Waals surface area contributed by atoms with E-state index in [1.165, 1.54) is 49.3 Å². The number of nitrogens with one attached hydrogen (secondary N) is 1. The van der Waals surface area contributed by atoms with Crippen LogP contribution < -0.4 is 5.32 Å². The second-order valence-electron chi connectivity index (χ2n) is 4.71. The molecule has 0 spiro atoms. The van der Waals surface area contributed by atoms with Gasteiger partial charge in [-0.2, -0.15) is 0 Å². The molecule has 2 nitrogen and oxygen atoms in total. The summed E-state index contributed by atoms with van der Waals surface area (Å²) < 4.78 is 0. The maximum Gasteiger partial charge on any atom is 0.0797 e. The van der Waals surface area contributed by atoms with Crippen LogP contribution in [0.2, 0.25) is 0 Å². The summed E-state index contributed by atoms with van der Waals surface area (Å²) in [5, 5.41) is 3.42. The van der Waals surface area contributed by atoms with Gasteiger partial charge in [0.25, 0.3) is 0 Å². The molecule has 84 valence electrons. The Morgan fingerprint density at radius 1 is 1.47 bits per heavy atom. The highest BCUT2D eigenvalue weighted by molar-refractivity contribution is 7.09. The Labute approximate surface area is 96.1 Å². The Hall–Kier alpha value is -0.410. The number of rotatable bonds is 5. The average molecular weight is 224 g/mol. The van der Waals surface area contributed by atoms with Crippen molar-refractivity contribution in [2.45, 2.75) is 39.5 Å². The predicted octanol–water partition coefficient (Wildman–Crippen LogP) is 2.77. The second-order valence-corrected chi connectivity index (χ2v) is 5.65. The fourth-order valence-electron chi connectivity index (χ4n) is 2.43. The Morgan fingerprint density at radius 2 is 2.27 bits per heavy atom. The van der Waals surface area contributed by atoms with Gasteiger partial charge in [0.05, 0.1) is 11.2 Å². The summed E-state index contributed by atoms with van der Waals surface area (Å²) in [6.07, 6.45) is 5.23. The molecule has 1 fully saturated rings. The van der Waals surface area contributed by atoms with E-state index in [1.807, 2.05) is 16.8 Å². The van der Waals surface area contributed by atoms with Crippen molar-refractivity contribution in [3.8, 4) is 0 Å². The highest BCUT2D eigenvalue weighted by Gasteiger charge is 2.35. The van der Waals surface area contributed by atoms with Crippen LogP contribution in [0.5, 0.6) is 0 Å². The zero-order valence-electron chi connectivity index (χ0n) is 9.68. The monoisotopic (exact) mass is 224 g/mol. The minimum Gasteiger partial charge on any atom is -0.316 e. The van der Waals surface area contributed by atoms with Crippen molar-refractivity contribution in [3.63, 3.8) is 0 Å². The van der Waals surface area contributed by atoms with E-state index >= 15 is 0 Å². The normalized spacial score (nSPS) is 18.8. The Bertz CT molecular complexity index is 315. The van der Waals surface area contributed by atoms with E-state index in [4.69, 9.17) is 0 Å². The minimum atomic E-state index is 0.602. The summed E-state index contributed by atoms with van der Waals surface area (Å²) in [5.74, 6) is 0. The van der Waals surface area contributed by atoms with E-state index in [2.05, 4.69) is 24.1 Å². The molecule has 2 heterocycles. The van der Waals surface area contributed by atoms with Crippen LogP contribution in [0, 0.1) is 12.3 Å². The van der Waals surface area contributed by atoms with Gasteiger partial charge in [0.15, 0.2) is 0 Å². The number of hydrogen-bond acceptors (Lipinski definition) is 3. The lowest BCUT2D eigenvalue weighted by molar-refractivity contribution is 0.137. The third-order valence-corrected chi connectivity index (χ3v) is 4.50. The van der Waals surface area contributed by atoms with Crippen molar-refractivity contribution in [2.75, 3.05) is 13.1 Å². The number of thiazole rings is 1. The van der Waals surface area contributed by atoms with Crippen LogP contribution in [-0.2, 0) is 6.42 Å². The van der Waals surface area contributed by atoms with Crippen LogP contribution in [0.15, 0.2) is 5.51 Å². The standard InChI is InChI=1S/C12H20N2S/c1-3-5-12(7-13-8-12)6-4-11-10(2)14-9-15-11/h9,13H,3-8H2,1-2H3. The molecule has 0 aliphatic carbocycles. The molecule has 1 saturated heterocycles. The van der Waals surface area contributed by atoms with E-state index in [-0.39, 0.29) is 0 Å². The van der Waals surface area contributed by atoms with Crippen molar-refractivity contribution < 1.29 is 0 Å². The maximum atomic E-state index is 4.31. The van der Waals surface area contributed by atoms with E-state index in [9.17, 15) is 0 Å². The van der Waals surface area contributed by atoms with Gasteiger partial charge < -0.3 is 5.32 Å². The molecule has 1 aromatic rings.